The molecule has 0 fully saturated rings. The number of para-hydroxylation sites is 1. The molecule has 0 aliphatic carbocycles. The molecule has 138 valence electrons. The second kappa shape index (κ2) is 8.91. The molecule has 0 saturated carbocycles. The fourth-order valence-electron chi connectivity index (χ4n) is 2.24. The first-order valence-corrected chi connectivity index (χ1v) is 8.58. The molecular formula is C20H17ClN2O4. The van der Waals surface area contributed by atoms with Gasteiger partial charge in [-0.15, -0.1) is 0 Å². The third kappa shape index (κ3) is 5.62. The second-order valence-electron chi connectivity index (χ2n) is 5.61. The molecule has 2 amide bonds. The summed E-state index contributed by atoms with van der Waals surface area (Å²) in [5, 5.41) is 5.82. The number of carbonyl (C=O) groups is 2. The summed E-state index contributed by atoms with van der Waals surface area (Å²) in [5.41, 5.74) is 0.663. The minimum atomic E-state index is -0.476. The predicted molar refractivity (Wildman–Crippen MR) is 102 cm³/mol. The lowest BCUT2D eigenvalue weighted by Crippen LogP contribution is -2.32. The smallest absolute Gasteiger partial charge is 0.287 e. The standard InChI is InChI=1S/C20H17ClN2O4/c21-14-6-8-16(9-7-14)26-13-17-10-11-18(27-17)20(25)22-12-19(24)23-15-4-2-1-3-5-15/h1-11H,12-13H2,(H,22,25)(H,23,24). The zero-order chi connectivity index (χ0) is 19.1. The number of nitrogens with one attached hydrogen (secondary N) is 2. The van der Waals surface area contributed by atoms with Crippen LogP contribution in [0, 0.1) is 0 Å². The summed E-state index contributed by atoms with van der Waals surface area (Å²) in [6.45, 7) is 0.00837. The number of carbonyl (C=O) groups excluding carboxylic acids is 2. The summed E-state index contributed by atoms with van der Waals surface area (Å²) >= 11 is 5.82. The molecule has 3 aromatic rings. The first-order valence-electron chi connectivity index (χ1n) is 8.20. The Morgan fingerprint density at radius 1 is 0.963 bits per heavy atom. The lowest BCUT2D eigenvalue weighted by atomic mass is 10.3. The van der Waals surface area contributed by atoms with Crippen LogP contribution in [0.15, 0.2) is 71.1 Å². The van der Waals surface area contributed by atoms with E-state index in [4.69, 9.17) is 20.8 Å². The van der Waals surface area contributed by atoms with Crippen LogP contribution < -0.4 is 15.4 Å². The minimum absolute atomic E-state index is 0.109. The molecule has 2 aromatic carbocycles. The van der Waals surface area contributed by atoms with Gasteiger partial charge in [0.25, 0.3) is 5.91 Å². The van der Waals surface area contributed by atoms with Gasteiger partial charge in [-0.3, -0.25) is 9.59 Å². The molecule has 0 spiro atoms. The molecule has 0 atom stereocenters. The molecule has 0 bridgehead atoms. The largest absolute Gasteiger partial charge is 0.486 e. The first kappa shape index (κ1) is 18.5. The number of rotatable bonds is 7. The fraction of sp³-hybridized carbons (Fsp3) is 0.100. The number of ether oxygens (including phenoxy) is 1. The summed E-state index contributed by atoms with van der Waals surface area (Å²) < 4.78 is 11.0. The molecule has 1 heterocycles. The van der Waals surface area contributed by atoms with E-state index in [1.54, 1.807) is 42.5 Å². The zero-order valence-electron chi connectivity index (χ0n) is 14.3. The molecule has 0 saturated heterocycles. The van der Waals surface area contributed by atoms with E-state index in [2.05, 4.69) is 10.6 Å². The van der Waals surface area contributed by atoms with E-state index in [-0.39, 0.29) is 24.8 Å². The topological polar surface area (TPSA) is 80.6 Å². The Balaban J connectivity index is 1.46. The Hall–Kier alpha value is -3.25. The van der Waals surface area contributed by atoms with Gasteiger partial charge in [0.05, 0.1) is 6.54 Å². The maximum Gasteiger partial charge on any atom is 0.287 e. The number of hydrogen-bond donors (Lipinski definition) is 2. The molecule has 27 heavy (non-hydrogen) atoms. The van der Waals surface area contributed by atoms with E-state index in [1.165, 1.54) is 6.07 Å². The molecule has 6 nitrogen and oxygen atoms in total. The Labute approximate surface area is 161 Å². The van der Waals surface area contributed by atoms with Crippen LogP contribution in [0.4, 0.5) is 5.69 Å². The van der Waals surface area contributed by atoms with Gasteiger partial charge >= 0.3 is 0 Å². The number of anilines is 1. The Morgan fingerprint density at radius 2 is 1.70 bits per heavy atom. The van der Waals surface area contributed by atoms with Crippen molar-refractivity contribution in [2.24, 2.45) is 0 Å². The second-order valence-corrected chi connectivity index (χ2v) is 6.04. The molecule has 3 rings (SSSR count). The van der Waals surface area contributed by atoms with Crippen molar-refractivity contribution >= 4 is 29.1 Å². The molecular weight excluding hydrogens is 368 g/mol. The third-order valence-electron chi connectivity index (χ3n) is 3.55. The molecule has 1 aromatic heterocycles. The van der Waals surface area contributed by atoms with Crippen molar-refractivity contribution in [3.63, 3.8) is 0 Å². The van der Waals surface area contributed by atoms with Gasteiger partial charge < -0.3 is 19.8 Å². The summed E-state index contributed by atoms with van der Waals surface area (Å²) in [7, 11) is 0. The van der Waals surface area contributed by atoms with Gasteiger partial charge in [-0.1, -0.05) is 29.8 Å². The van der Waals surface area contributed by atoms with Crippen molar-refractivity contribution in [3.05, 3.63) is 83.3 Å². The number of amides is 2. The van der Waals surface area contributed by atoms with Crippen LogP contribution in [-0.4, -0.2) is 18.4 Å². The van der Waals surface area contributed by atoms with Crippen molar-refractivity contribution in [1.29, 1.82) is 0 Å². The lowest BCUT2D eigenvalue weighted by Gasteiger charge is -2.06. The third-order valence-corrected chi connectivity index (χ3v) is 3.80. The molecule has 0 radical (unpaired) electrons. The van der Waals surface area contributed by atoms with Gasteiger partial charge in [-0.2, -0.15) is 0 Å². The van der Waals surface area contributed by atoms with E-state index < -0.39 is 5.91 Å². The van der Waals surface area contributed by atoms with E-state index in [1.807, 2.05) is 18.2 Å². The van der Waals surface area contributed by atoms with Crippen LogP contribution in [0.3, 0.4) is 0 Å². The summed E-state index contributed by atoms with van der Waals surface area (Å²) in [6, 6.07) is 19.1. The predicted octanol–water partition coefficient (Wildman–Crippen LogP) is 3.88. The van der Waals surface area contributed by atoms with Gasteiger partial charge in [0, 0.05) is 10.7 Å². The van der Waals surface area contributed by atoms with Crippen LogP contribution in [0.1, 0.15) is 16.3 Å². The Morgan fingerprint density at radius 3 is 2.44 bits per heavy atom. The van der Waals surface area contributed by atoms with E-state index in [0.29, 0.717) is 22.2 Å². The molecule has 7 heteroatoms. The van der Waals surface area contributed by atoms with Gasteiger partial charge in [0.1, 0.15) is 18.1 Å². The maximum atomic E-state index is 12.1. The number of halogens is 1. The summed E-state index contributed by atoms with van der Waals surface area (Å²) in [5.74, 6) is 0.434. The van der Waals surface area contributed by atoms with E-state index in [9.17, 15) is 9.59 Å². The average Bonchev–Trinajstić information content (AvgIpc) is 3.16. The average molecular weight is 385 g/mol. The van der Waals surface area contributed by atoms with Crippen molar-refractivity contribution in [1.82, 2.24) is 5.32 Å². The highest BCUT2D eigenvalue weighted by atomic mass is 35.5. The van der Waals surface area contributed by atoms with Crippen LogP contribution >= 0.6 is 11.6 Å². The van der Waals surface area contributed by atoms with Crippen molar-refractivity contribution in [3.8, 4) is 5.75 Å². The van der Waals surface area contributed by atoms with Crippen LogP contribution in [0.5, 0.6) is 5.75 Å². The number of hydrogen-bond acceptors (Lipinski definition) is 4. The molecule has 0 unspecified atom stereocenters. The number of furan rings is 1. The first-order chi connectivity index (χ1) is 13.1. The quantitative estimate of drug-likeness (QED) is 0.647. The lowest BCUT2D eigenvalue weighted by molar-refractivity contribution is -0.115. The minimum Gasteiger partial charge on any atom is -0.486 e. The summed E-state index contributed by atoms with van der Waals surface area (Å²) in [4.78, 5) is 23.9. The van der Waals surface area contributed by atoms with Gasteiger partial charge in [0.15, 0.2) is 5.76 Å². The number of benzene rings is 2. The van der Waals surface area contributed by atoms with Gasteiger partial charge in [-0.25, -0.2) is 0 Å². The van der Waals surface area contributed by atoms with Crippen LogP contribution in [0.2, 0.25) is 5.02 Å². The van der Waals surface area contributed by atoms with Crippen LogP contribution in [-0.2, 0) is 11.4 Å². The highest BCUT2D eigenvalue weighted by Gasteiger charge is 2.13. The van der Waals surface area contributed by atoms with Gasteiger partial charge in [0.2, 0.25) is 5.91 Å². The zero-order valence-corrected chi connectivity index (χ0v) is 15.0. The molecule has 0 aliphatic rings. The van der Waals surface area contributed by atoms with Crippen molar-refractivity contribution < 1.29 is 18.7 Å². The van der Waals surface area contributed by atoms with Crippen molar-refractivity contribution in [2.75, 3.05) is 11.9 Å². The van der Waals surface area contributed by atoms with Gasteiger partial charge in [-0.05, 0) is 48.5 Å². The Bertz CT molecular complexity index is 907. The fourth-order valence-corrected chi connectivity index (χ4v) is 2.36. The monoisotopic (exact) mass is 384 g/mol. The molecule has 0 aliphatic heterocycles. The van der Waals surface area contributed by atoms with Crippen molar-refractivity contribution in [2.45, 2.75) is 6.61 Å². The van der Waals surface area contributed by atoms with E-state index in [0.717, 1.165) is 0 Å². The highest BCUT2D eigenvalue weighted by molar-refractivity contribution is 6.30. The SMILES string of the molecule is O=C(CNC(=O)c1ccc(COc2ccc(Cl)cc2)o1)Nc1ccccc1. The molecule has 2 N–H and O–H groups in total. The summed E-state index contributed by atoms with van der Waals surface area (Å²) in [6.07, 6.45) is 0. The van der Waals surface area contributed by atoms with E-state index >= 15 is 0 Å². The maximum absolute atomic E-state index is 12.1. The van der Waals surface area contributed by atoms with Crippen LogP contribution in [0.25, 0.3) is 0 Å². The normalized spacial score (nSPS) is 10.3. The highest BCUT2D eigenvalue weighted by Crippen LogP contribution is 2.17. The Kier molecular flexibility index (Phi) is 6.12.